The van der Waals surface area contributed by atoms with Gasteiger partial charge in [-0.1, -0.05) is 12.1 Å². The minimum absolute atomic E-state index is 0.226. The van der Waals surface area contributed by atoms with Crippen molar-refractivity contribution in [2.75, 3.05) is 18.2 Å². The first-order chi connectivity index (χ1) is 8.00. The van der Waals surface area contributed by atoms with E-state index in [2.05, 4.69) is 0 Å². The molecular weight excluding hydrogens is 220 g/mol. The smallest absolute Gasteiger partial charge is 0.218 e. The van der Waals surface area contributed by atoms with Crippen LogP contribution in [0.2, 0.25) is 0 Å². The molecule has 1 aliphatic rings. The van der Waals surface area contributed by atoms with Crippen LogP contribution in [0.5, 0.6) is 5.75 Å². The summed E-state index contributed by atoms with van der Waals surface area (Å²) < 4.78 is 5.49. The van der Waals surface area contributed by atoms with Crippen molar-refractivity contribution in [1.29, 1.82) is 0 Å². The van der Waals surface area contributed by atoms with Gasteiger partial charge in [0.2, 0.25) is 5.54 Å². The molecule has 0 bridgehead atoms. The van der Waals surface area contributed by atoms with Gasteiger partial charge in [-0.05, 0) is 12.1 Å². The lowest BCUT2D eigenvalue weighted by atomic mass is 10.0. The number of hydrogen-bond donors (Lipinski definition) is 0. The number of nitro groups is 1. The molecule has 0 N–H and O–H groups in total. The highest BCUT2D eigenvalue weighted by atomic mass is 16.6. The summed E-state index contributed by atoms with van der Waals surface area (Å²) in [5.74, 6) is 0.853. The molecule has 0 spiro atoms. The van der Waals surface area contributed by atoms with Crippen LogP contribution in [-0.4, -0.2) is 23.7 Å². The van der Waals surface area contributed by atoms with Crippen LogP contribution in [0, 0.1) is 10.1 Å². The number of anilines is 1. The third kappa shape index (κ3) is 2.33. The summed E-state index contributed by atoms with van der Waals surface area (Å²) in [5, 5.41) is 10.8. The van der Waals surface area contributed by atoms with Crippen molar-refractivity contribution < 1.29 is 9.66 Å². The molecule has 0 fully saturated rings. The number of ether oxygens (including phenoxy) is 1. The number of hydrogen-bond acceptors (Lipinski definition) is 4. The normalized spacial score (nSPS) is 14.4. The van der Waals surface area contributed by atoms with Crippen molar-refractivity contribution >= 4 is 5.69 Å². The number of para-hydroxylation sites is 2. The molecule has 1 heterocycles. The standard InChI is InChI=1S/C12H16N2O3/c1-12(2,14(15)16)7-8-13-9-17-11-6-4-3-5-10(11)13/h3-6H,7-9H2,1-2H3. The average molecular weight is 236 g/mol. The van der Waals surface area contributed by atoms with Crippen molar-refractivity contribution in [3.63, 3.8) is 0 Å². The first kappa shape index (κ1) is 11.7. The Balaban J connectivity index is 2.01. The van der Waals surface area contributed by atoms with Crippen molar-refractivity contribution in [1.82, 2.24) is 0 Å². The molecule has 0 saturated heterocycles. The molecule has 0 amide bonds. The van der Waals surface area contributed by atoms with Crippen LogP contribution in [0.3, 0.4) is 0 Å². The molecule has 1 aliphatic heterocycles. The minimum Gasteiger partial charge on any atom is -0.471 e. The second kappa shape index (κ2) is 4.24. The molecule has 5 heteroatoms. The van der Waals surface area contributed by atoms with E-state index in [1.807, 2.05) is 29.2 Å². The Morgan fingerprint density at radius 3 is 2.88 bits per heavy atom. The Hall–Kier alpha value is -1.78. The Morgan fingerprint density at radius 1 is 1.47 bits per heavy atom. The summed E-state index contributed by atoms with van der Waals surface area (Å²) in [7, 11) is 0. The van der Waals surface area contributed by atoms with Crippen LogP contribution in [0.25, 0.3) is 0 Å². The third-order valence-electron chi connectivity index (χ3n) is 3.07. The predicted octanol–water partition coefficient (Wildman–Crippen LogP) is 2.29. The lowest BCUT2D eigenvalue weighted by molar-refractivity contribution is -0.561. The van der Waals surface area contributed by atoms with Crippen LogP contribution in [0.15, 0.2) is 24.3 Å². The number of rotatable bonds is 4. The van der Waals surface area contributed by atoms with Gasteiger partial charge in [0.1, 0.15) is 5.75 Å². The SMILES string of the molecule is CC(C)(CCN1COc2ccccc21)[N+](=O)[O-]. The maximum Gasteiger partial charge on any atom is 0.218 e. The Morgan fingerprint density at radius 2 is 2.18 bits per heavy atom. The fourth-order valence-electron chi connectivity index (χ4n) is 1.74. The van der Waals surface area contributed by atoms with E-state index < -0.39 is 5.54 Å². The molecule has 0 aromatic heterocycles. The van der Waals surface area contributed by atoms with Gasteiger partial charge in [-0.25, -0.2) is 0 Å². The molecule has 0 radical (unpaired) electrons. The van der Waals surface area contributed by atoms with Gasteiger partial charge in [-0.3, -0.25) is 10.1 Å². The van der Waals surface area contributed by atoms with Crippen molar-refractivity contribution in [3.8, 4) is 5.75 Å². The van der Waals surface area contributed by atoms with E-state index in [1.54, 1.807) is 13.8 Å². The summed E-state index contributed by atoms with van der Waals surface area (Å²) in [6.07, 6.45) is 0.498. The summed E-state index contributed by atoms with van der Waals surface area (Å²) in [4.78, 5) is 12.6. The molecule has 0 unspecified atom stereocenters. The number of nitrogens with zero attached hydrogens (tertiary/aromatic N) is 2. The van der Waals surface area contributed by atoms with Crippen LogP contribution in [0.4, 0.5) is 5.69 Å². The first-order valence-corrected chi connectivity index (χ1v) is 5.62. The maximum atomic E-state index is 10.8. The van der Waals surface area contributed by atoms with Gasteiger partial charge in [-0.15, -0.1) is 0 Å². The van der Waals surface area contributed by atoms with Crippen LogP contribution in [0.1, 0.15) is 20.3 Å². The largest absolute Gasteiger partial charge is 0.471 e. The summed E-state index contributed by atoms with van der Waals surface area (Å²) in [6, 6.07) is 7.75. The Labute approximate surface area is 100 Å². The zero-order valence-electron chi connectivity index (χ0n) is 10.0. The highest BCUT2D eigenvalue weighted by Gasteiger charge is 2.32. The van der Waals surface area contributed by atoms with Crippen molar-refractivity contribution in [3.05, 3.63) is 34.4 Å². The molecule has 2 rings (SSSR count). The third-order valence-corrected chi connectivity index (χ3v) is 3.07. The molecular formula is C12H16N2O3. The molecule has 0 aliphatic carbocycles. The topological polar surface area (TPSA) is 55.6 Å². The Bertz CT molecular complexity index is 432. The fourth-order valence-corrected chi connectivity index (χ4v) is 1.74. The number of benzene rings is 1. The molecule has 1 aromatic rings. The molecule has 92 valence electrons. The van der Waals surface area contributed by atoms with Crippen LogP contribution in [-0.2, 0) is 0 Å². The molecule has 0 atom stereocenters. The van der Waals surface area contributed by atoms with Crippen LogP contribution < -0.4 is 9.64 Å². The zero-order valence-corrected chi connectivity index (χ0v) is 10.0. The summed E-state index contributed by atoms with van der Waals surface area (Å²) >= 11 is 0. The van der Waals surface area contributed by atoms with Gasteiger partial charge in [-0.2, -0.15) is 0 Å². The molecule has 17 heavy (non-hydrogen) atoms. The lowest BCUT2D eigenvalue weighted by Gasteiger charge is -2.21. The van der Waals surface area contributed by atoms with E-state index in [-0.39, 0.29) is 4.92 Å². The molecule has 1 aromatic carbocycles. The van der Waals surface area contributed by atoms with Gasteiger partial charge in [0.05, 0.1) is 5.69 Å². The van der Waals surface area contributed by atoms with Crippen LogP contribution >= 0.6 is 0 Å². The van der Waals surface area contributed by atoms with Gasteiger partial charge in [0, 0.05) is 31.7 Å². The van der Waals surface area contributed by atoms with E-state index in [0.717, 1.165) is 11.4 Å². The minimum atomic E-state index is -0.891. The number of fused-ring (bicyclic) bond motifs is 1. The van der Waals surface area contributed by atoms with E-state index >= 15 is 0 Å². The van der Waals surface area contributed by atoms with E-state index in [1.165, 1.54) is 0 Å². The predicted molar refractivity (Wildman–Crippen MR) is 65.0 cm³/mol. The van der Waals surface area contributed by atoms with Gasteiger partial charge in [0.15, 0.2) is 6.73 Å². The summed E-state index contributed by atoms with van der Waals surface area (Å²) in [6.45, 7) is 4.41. The summed E-state index contributed by atoms with van der Waals surface area (Å²) in [5.41, 5.74) is 0.129. The maximum absolute atomic E-state index is 10.8. The van der Waals surface area contributed by atoms with Gasteiger partial charge >= 0.3 is 0 Å². The highest BCUT2D eigenvalue weighted by Crippen LogP contribution is 2.33. The van der Waals surface area contributed by atoms with Crippen molar-refractivity contribution in [2.24, 2.45) is 0 Å². The van der Waals surface area contributed by atoms with Gasteiger partial charge < -0.3 is 9.64 Å². The van der Waals surface area contributed by atoms with Crippen molar-refractivity contribution in [2.45, 2.75) is 25.8 Å². The monoisotopic (exact) mass is 236 g/mol. The van der Waals surface area contributed by atoms with E-state index in [9.17, 15) is 10.1 Å². The zero-order chi connectivity index (χ0) is 12.5. The quantitative estimate of drug-likeness (QED) is 0.594. The molecule has 0 saturated carbocycles. The lowest BCUT2D eigenvalue weighted by Crippen LogP contribution is -2.36. The average Bonchev–Trinajstić information content (AvgIpc) is 2.69. The second-order valence-electron chi connectivity index (χ2n) is 4.82. The van der Waals surface area contributed by atoms with E-state index in [0.29, 0.717) is 19.7 Å². The fraction of sp³-hybridized carbons (Fsp3) is 0.500. The first-order valence-electron chi connectivity index (χ1n) is 5.62. The highest BCUT2D eigenvalue weighted by molar-refractivity contribution is 5.60. The molecule has 5 nitrogen and oxygen atoms in total. The van der Waals surface area contributed by atoms with Gasteiger partial charge in [0.25, 0.3) is 0 Å². The Kier molecular flexibility index (Phi) is 2.92. The second-order valence-corrected chi connectivity index (χ2v) is 4.82. The van der Waals surface area contributed by atoms with E-state index in [4.69, 9.17) is 4.74 Å².